The first-order valence-corrected chi connectivity index (χ1v) is 6.12. The first-order valence-electron chi connectivity index (χ1n) is 5.75. The maximum atomic E-state index is 11.7. The highest BCUT2D eigenvalue weighted by molar-refractivity contribution is 6.33. The SMILES string of the molecule is Cn1cnc(CNCC(=O)Nc2ccccc2Cl)n1. The van der Waals surface area contributed by atoms with Crippen LogP contribution in [-0.4, -0.2) is 27.2 Å². The molecule has 1 aromatic heterocycles. The lowest BCUT2D eigenvalue weighted by molar-refractivity contribution is -0.115. The first kappa shape index (κ1) is 13.5. The summed E-state index contributed by atoms with van der Waals surface area (Å²) in [5.41, 5.74) is 0.604. The Morgan fingerprint density at radius 3 is 2.89 bits per heavy atom. The highest BCUT2D eigenvalue weighted by Crippen LogP contribution is 2.19. The molecule has 1 heterocycles. The number of anilines is 1. The molecule has 0 aliphatic rings. The molecule has 0 spiro atoms. The number of hydrogen-bond donors (Lipinski definition) is 2. The maximum Gasteiger partial charge on any atom is 0.238 e. The molecule has 7 heteroatoms. The molecule has 100 valence electrons. The summed E-state index contributed by atoms with van der Waals surface area (Å²) in [6.07, 6.45) is 1.61. The summed E-state index contributed by atoms with van der Waals surface area (Å²) in [5.74, 6) is 0.483. The van der Waals surface area contributed by atoms with Gasteiger partial charge in [-0.05, 0) is 12.1 Å². The second kappa shape index (κ2) is 6.31. The number of benzene rings is 1. The van der Waals surface area contributed by atoms with E-state index in [9.17, 15) is 4.79 Å². The van der Waals surface area contributed by atoms with Crippen LogP contribution in [0.1, 0.15) is 5.82 Å². The van der Waals surface area contributed by atoms with Crippen LogP contribution in [0.2, 0.25) is 5.02 Å². The van der Waals surface area contributed by atoms with E-state index in [4.69, 9.17) is 11.6 Å². The molecule has 0 unspecified atom stereocenters. The Labute approximate surface area is 115 Å². The van der Waals surface area contributed by atoms with Gasteiger partial charge >= 0.3 is 0 Å². The fourth-order valence-electron chi connectivity index (χ4n) is 1.51. The number of hydrogen-bond acceptors (Lipinski definition) is 4. The van der Waals surface area contributed by atoms with Gasteiger partial charge in [0, 0.05) is 7.05 Å². The molecule has 0 saturated carbocycles. The van der Waals surface area contributed by atoms with Crippen molar-refractivity contribution in [3.8, 4) is 0 Å². The summed E-state index contributed by atoms with van der Waals surface area (Å²) in [6, 6.07) is 7.10. The van der Waals surface area contributed by atoms with Gasteiger partial charge in [-0.1, -0.05) is 23.7 Å². The number of nitrogens with zero attached hydrogens (tertiary/aromatic N) is 3. The third kappa shape index (κ3) is 4.04. The molecule has 6 nitrogen and oxygen atoms in total. The van der Waals surface area contributed by atoms with Crippen LogP contribution in [0, 0.1) is 0 Å². The highest BCUT2D eigenvalue weighted by atomic mass is 35.5. The van der Waals surface area contributed by atoms with Crippen LogP contribution in [0.25, 0.3) is 0 Å². The predicted octanol–water partition coefficient (Wildman–Crippen LogP) is 1.20. The van der Waals surface area contributed by atoms with Crippen LogP contribution >= 0.6 is 11.6 Å². The van der Waals surface area contributed by atoms with Crippen LogP contribution in [0.5, 0.6) is 0 Å². The summed E-state index contributed by atoms with van der Waals surface area (Å²) in [5, 5.41) is 10.3. The zero-order chi connectivity index (χ0) is 13.7. The van der Waals surface area contributed by atoms with Gasteiger partial charge in [0.2, 0.25) is 5.91 Å². The summed E-state index contributed by atoms with van der Waals surface area (Å²) in [6.45, 7) is 0.611. The minimum atomic E-state index is -0.163. The highest BCUT2D eigenvalue weighted by Gasteiger charge is 2.05. The molecule has 2 aromatic rings. The van der Waals surface area contributed by atoms with Crippen LogP contribution in [0.4, 0.5) is 5.69 Å². The predicted molar refractivity (Wildman–Crippen MR) is 72.8 cm³/mol. The normalized spacial score (nSPS) is 10.4. The summed E-state index contributed by atoms with van der Waals surface area (Å²) in [4.78, 5) is 15.7. The van der Waals surface area contributed by atoms with E-state index in [1.165, 1.54) is 0 Å². The molecule has 0 aliphatic heterocycles. The Bertz CT molecular complexity index is 569. The number of aromatic nitrogens is 3. The average Bonchev–Trinajstić information content (AvgIpc) is 2.78. The molecule has 2 rings (SSSR count). The number of halogens is 1. The van der Waals surface area contributed by atoms with Crippen LogP contribution in [0.3, 0.4) is 0 Å². The van der Waals surface area contributed by atoms with Gasteiger partial charge in [-0.15, -0.1) is 0 Å². The number of para-hydroxylation sites is 1. The molecular formula is C12H14ClN5O. The van der Waals surface area contributed by atoms with Gasteiger partial charge < -0.3 is 10.6 Å². The Balaban J connectivity index is 1.77. The second-order valence-electron chi connectivity index (χ2n) is 3.97. The van der Waals surface area contributed by atoms with Crippen molar-refractivity contribution < 1.29 is 4.79 Å². The molecule has 0 aliphatic carbocycles. The number of nitrogens with one attached hydrogen (secondary N) is 2. The molecule has 0 radical (unpaired) electrons. The molecule has 2 N–H and O–H groups in total. The van der Waals surface area contributed by atoms with Crippen molar-refractivity contribution in [1.29, 1.82) is 0 Å². The fraction of sp³-hybridized carbons (Fsp3) is 0.250. The Morgan fingerprint density at radius 1 is 1.42 bits per heavy atom. The Hall–Kier alpha value is -1.92. The van der Waals surface area contributed by atoms with Crippen LogP contribution < -0.4 is 10.6 Å². The third-order valence-electron chi connectivity index (χ3n) is 2.36. The minimum Gasteiger partial charge on any atom is -0.324 e. The van der Waals surface area contributed by atoms with Crippen molar-refractivity contribution in [3.63, 3.8) is 0 Å². The molecule has 19 heavy (non-hydrogen) atoms. The van der Waals surface area contributed by atoms with E-state index in [2.05, 4.69) is 20.7 Å². The van der Waals surface area contributed by atoms with Crippen molar-refractivity contribution in [2.24, 2.45) is 7.05 Å². The average molecular weight is 280 g/mol. The maximum absolute atomic E-state index is 11.7. The number of rotatable bonds is 5. The van der Waals surface area contributed by atoms with Crippen molar-refractivity contribution in [3.05, 3.63) is 41.4 Å². The monoisotopic (exact) mass is 279 g/mol. The van der Waals surface area contributed by atoms with Gasteiger partial charge in [0.1, 0.15) is 6.33 Å². The van der Waals surface area contributed by atoms with E-state index >= 15 is 0 Å². The Kier molecular flexibility index (Phi) is 4.48. The van der Waals surface area contributed by atoms with Crippen molar-refractivity contribution in [1.82, 2.24) is 20.1 Å². The molecule has 1 aromatic carbocycles. The standard InChI is InChI=1S/C12H14ClN5O/c1-18-8-15-11(17-18)6-14-7-12(19)16-10-5-3-2-4-9(10)13/h2-5,8,14H,6-7H2,1H3,(H,16,19). The van der Waals surface area contributed by atoms with Crippen molar-refractivity contribution in [2.75, 3.05) is 11.9 Å². The van der Waals surface area contributed by atoms with Crippen molar-refractivity contribution >= 4 is 23.2 Å². The molecule has 0 saturated heterocycles. The Morgan fingerprint density at radius 2 is 2.21 bits per heavy atom. The van der Waals surface area contributed by atoms with Gasteiger partial charge in [0.15, 0.2) is 5.82 Å². The molecular weight excluding hydrogens is 266 g/mol. The second-order valence-corrected chi connectivity index (χ2v) is 4.37. The lowest BCUT2D eigenvalue weighted by Gasteiger charge is -2.07. The lowest BCUT2D eigenvalue weighted by Crippen LogP contribution is -2.28. The van der Waals surface area contributed by atoms with E-state index in [1.54, 1.807) is 30.2 Å². The van der Waals surface area contributed by atoms with Crippen molar-refractivity contribution in [2.45, 2.75) is 6.54 Å². The van der Waals surface area contributed by atoms with Gasteiger partial charge in [-0.3, -0.25) is 9.48 Å². The smallest absolute Gasteiger partial charge is 0.238 e. The van der Waals surface area contributed by atoms with E-state index in [-0.39, 0.29) is 12.5 Å². The molecule has 0 atom stereocenters. The lowest BCUT2D eigenvalue weighted by atomic mass is 10.3. The summed E-state index contributed by atoms with van der Waals surface area (Å²) in [7, 11) is 1.79. The van der Waals surface area contributed by atoms with Gasteiger partial charge in [0.25, 0.3) is 0 Å². The molecule has 0 bridgehead atoms. The minimum absolute atomic E-state index is 0.163. The van der Waals surface area contributed by atoms with Gasteiger partial charge in [0.05, 0.1) is 23.8 Å². The first-order chi connectivity index (χ1) is 9.15. The summed E-state index contributed by atoms with van der Waals surface area (Å²) >= 11 is 5.94. The zero-order valence-electron chi connectivity index (χ0n) is 10.4. The zero-order valence-corrected chi connectivity index (χ0v) is 11.2. The number of aryl methyl sites for hydroxylation is 1. The van der Waals surface area contributed by atoms with Gasteiger partial charge in [-0.2, -0.15) is 5.10 Å². The van der Waals surface area contributed by atoms with E-state index in [0.29, 0.717) is 23.1 Å². The number of carbonyl (C=O) groups excluding carboxylic acids is 1. The molecule has 0 fully saturated rings. The summed E-state index contributed by atoms with van der Waals surface area (Å²) < 4.78 is 1.61. The number of carbonyl (C=O) groups is 1. The van der Waals surface area contributed by atoms with Crippen LogP contribution in [-0.2, 0) is 18.4 Å². The van der Waals surface area contributed by atoms with E-state index in [1.807, 2.05) is 12.1 Å². The van der Waals surface area contributed by atoms with E-state index < -0.39 is 0 Å². The molecule has 1 amide bonds. The fourth-order valence-corrected chi connectivity index (χ4v) is 1.69. The quantitative estimate of drug-likeness (QED) is 0.863. The van der Waals surface area contributed by atoms with Gasteiger partial charge in [-0.25, -0.2) is 4.98 Å². The van der Waals surface area contributed by atoms with E-state index in [0.717, 1.165) is 0 Å². The largest absolute Gasteiger partial charge is 0.324 e. The third-order valence-corrected chi connectivity index (χ3v) is 2.69. The number of amides is 1. The topological polar surface area (TPSA) is 71.8 Å². The van der Waals surface area contributed by atoms with Crippen LogP contribution in [0.15, 0.2) is 30.6 Å².